The minimum absolute atomic E-state index is 0.0343. The zero-order valence-electron chi connectivity index (χ0n) is 12.3. The summed E-state index contributed by atoms with van der Waals surface area (Å²) in [5, 5.41) is 2.06. The van der Waals surface area contributed by atoms with E-state index in [2.05, 4.69) is 5.32 Å². The standard InChI is InChI=1S/C17H18FNO2S/c1-13(17(20)19-11-14-7-3-2-4-8-14)22(21)12-15-9-5-6-10-16(15)18/h2-10,13H,11-12H2,1H3,(H,19,20)/t13-,22+/m1/s1. The maximum absolute atomic E-state index is 13.5. The van der Waals surface area contributed by atoms with E-state index < -0.39 is 21.9 Å². The monoisotopic (exact) mass is 319 g/mol. The van der Waals surface area contributed by atoms with Gasteiger partial charge in [0.05, 0.1) is 5.75 Å². The van der Waals surface area contributed by atoms with E-state index in [1.807, 2.05) is 30.3 Å². The van der Waals surface area contributed by atoms with E-state index >= 15 is 0 Å². The topological polar surface area (TPSA) is 46.2 Å². The maximum atomic E-state index is 13.5. The summed E-state index contributed by atoms with van der Waals surface area (Å²) in [6, 6.07) is 15.7. The predicted molar refractivity (Wildman–Crippen MR) is 86.0 cm³/mol. The highest BCUT2D eigenvalue weighted by molar-refractivity contribution is 7.85. The van der Waals surface area contributed by atoms with E-state index in [0.29, 0.717) is 12.1 Å². The molecule has 0 saturated carbocycles. The highest BCUT2D eigenvalue weighted by Gasteiger charge is 2.20. The molecule has 0 aromatic heterocycles. The summed E-state index contributed by atoms with van der Waals surface area (Å²) in [6.45, 7) is 1.98. The third-order valence-corrected chi connectivity index (χ3v) is 4.93. The van der Waals surface area contributed by atoms with Gasteiger partial charge in [0.25, 0.3) is 0 Å². The third kappa shape index (κ3) is 4.49. The second-order valence-corrected chi connectivity index (χ2v) is 6.72. The van der Waals surface area contributed by atoms with Crippen molar-refractivity contribution in [1.29, 1.82) is 0 Å². The van der Waals surface area contributed by atoms with Crippen molar-refractivity contribution in [3.8, 4) is 0 Å². The Hall–Kier alpha value is -2.01. The lowest BCUT2D eigenvalue weighted by Gasteiger charge is -2.12. The van der Waals surface area contributed by atoms with Crippen molar-refractivity contribution < 1.29 is 13.4 Å². The number of nitrogens with one attached hydrogen (secondary N) is 1. The van der Waals surface area contributed by atoms with Gasteiger partial charge in [0, 0.05) is 22.9 Å². The molecule has 0 heterocycles. The van der Waals surface area contributed by atoms with Crippen LogP contribution in [0.15, 0.2) is 54.6 Å². The Morgan fingerprint density at radius 3 is 2.45 bits per heavy atom. The van der Waals surface area contributed by atoms with Crippen molar-refractivity contribution in [1.82, 2.24) is 5.32 Å². The number of rotatable bonds is 6. The number of halogens is 1. The van der Waals surface area contributed by atoms with Gasteiger partial charge >= 0.3 is 0 Å². The minimum atomic E-state index is -1.47. The van der Waals surface area contributed by atoms with Crippen LogP contribution in [0.3, 0.4) is 0 Å². The second kappa shape index (κ2) is 7.84. The lowest BCUT2D eigenvalue weighted by Crippen LogP contribution is -2.35. The summed E-state index contributed by atoms with van der Waals surface area (Å²) in [5.74, 6) is -0.654. The number of hydrogen-bond donors (Lipinski definition) is 1. The van der Waals surface area contributed by atoms with E-state index in [4.69, 9.17) is 0 Å². The predicted octanol–water partition coefficient (Wildman–Crippen LogP) is 2.78. The number of carbonyl (C=O) groups excluding carboxylic acids is 1. The molecule has 1 amide bonds. The molecule has 2 aromatic rings. The average molecular weight is 319 g/mol. The molecule has 0 spiro atoms. The van der Waals surface area contributed by atoms with Gasteiger partial charge in [-0.15, -0.1) is 0 Å². The molecule has 0 saturated heterocycles. The van der Waals surface area contributed by atoms with Gasteiger partial charge in [0.15, 0.2) is 0 Å². The van der Waals surface area contributed by atoms with Gasteiger partial charge in [-0.05, 0) is 18.6 Å². The van der Waals surface area contributed by atoms with Crippen LogP contribution in [0.2, 0.25) is 0 Å². The summed E-state index contributed by atoms with van der Waals surface area (Å²) in [4.78, 5) is 12.0. The van der Waals surface area contributed by atoms with E-state index in [9.17, 15) is 13.4 Å². The van der Waals surface area contributed by atoms with Crippen molar-refractivity contribution in [2.45, 2.75) is 24.5 Å². The Balaban J connectivity index is 1.90. The molecule has 0 radical (unpaired) electrons. The Labute approximate surface area is 132 Å². The summed E-state index contributed by atoms with van der Waals surface area (Å²) in [7, 11) is -1.47. The van der Waals surface area contributed by atoms with Crippen LogP contribution in [0.4, 0.5) is 4.39 Å². The molecule has 0 fully saturated rings. The van der Waals surface area contributed by atoms with Crippen molar-refractivity contribution in [3.63, 3.8) is 0 Å². The molecule has 2 rings (SSSR count). The average Bonchev–Trinajstić information content (AvgIpc) is 2.55. The molecule has 0 bridgehead atoms. The summed E-state index contributed by atoms with van der Waals surface area (Å²) < 4.78 is 25.7. The lowest BCUT2D eigenvalue weighted by molar-refractivity contribution is -0.120. The zero-order chi connectivity index (χ0) is 15.9. The molecule has 0 aliphatic heterocycles. The largest absolute Gasteiger partial charge is 0.351 e. The van der Waals surface area contributed by atoms with Crippen LogP contribution in [0, 0.1) is 5.82 Å². The van der Waals surface area contributed by atoms with Crippen LogP contribution in [-0.4, -0.2) is 15.4 Å². The summed E-state index contributed by atoms with van der Waals surface area (Å²) in [5.41, 5.74) is 1.34. The quantitative estimate of drug-likeness (QED) is 0.890. The van der Waals surface area contributed by atoms with Gasteiger partial charge in [-0.2, -0.15) is 0 Å². The van der Waals surface area contributed by atoms with Gasteiger partial charge in [0.1, 0.15) is 11.1 Å². The van der Waals surface area contributed by atoms with Gasteiger partial charge in [-0.25, -0.2) is 4.39 Å². The fraction of sp³-hybridized carbons (Fsp3) is 0.235. The van der Waals surface area contributed by atoms with E-state index in [0.717, 1.165) is 5.56 Å². The van der Waals surface area contributed by atoms with Crippen LogP contribution >= 0.6 is 0 Å². The molecule has 0 aliphatic rings. The first-order chi connectivity index (χ1) is 10.6. The normalized spacial score (nSPS) is 13.4. The first-order valence-corrected chi connectivity index (χ1v) is 8.38. The maximum Gasteiger partial charge on any atom is 0.235 e. The smallest absolute Gasteiger partial charge is 0.235 e. The molecular weight excluding hydrogens is 301 g/mol. The molecule has 5 heteroatoms. The highest BCUT2D eigenvalue weighted by atomic mass is 32.2. The lowest BCUT2D eigenvalue weighted by atomic mass is 10.2. The minimum Gasteiger partial charge on any atom is -0.351 e. The Bertz CT molecular complexity index is 661. The van der Waals surface area contributed by atoms with Crippen molar-refractivity contribution in [2.24, 2.45) is 0 Å². The third-order valence-electron chi connectivity index (χ3n) is 3.33. The molecule has 2 aromatic carbocycles. The fourth-order valence-electron chi connectivity index (χ4n) is 1.94. The first kappa shape index (κ1) is 16.4. The van der Waals surface area contributed by atoms with Gasteiger partial charge in [-0.1, -0.05) is 48.5 Å². The van der Waals surface area contributed by atoms with Crippen LogP contribution in [0.25, 0.3) is 0 Å². The van der Waals surface area contributed by atoms with E-state index in [1.54, 1.807) is 25.1 Å². The number of amides is 1. The van der Waals surface area contributed by atoms with Crippen molar-refractivity contribution >= 4 is 16.7 Å². The Kier molecular flexibility index (Phi) is 5.83. The molecule has 3 nitrogen and oxygen atoms in total. The van der Waals surface area contributed by atoms with Crippen LogP contribution < -0.4 is 5.32 Å². The van der Waals surface area contributed by atoms with Crippen LogP contribution in [0.5, 0.6) is 0 Å². The van der Waals surface area contributed by atoms with Crippen molar-refractivity contribution in [3.05, 3.63) is 71.5 Å². The van der Waals surface area contributed by atoms with Crippen LogP contribution in [0.1, 0.15) is 18.1 Å². The molecule has 1 N–H and O–H groups in total. The molecule has 2 atom stereocenters. The molecule has 116 valence electrons. The first-order valence-electron chi connectivity index (χ1n) is 7.00. The van der Waals surface area contributed by atoms with Crippen LogP contribution in [-0.2, 0) is 27.9 Å². The molecule has 22 heavy (non-hydrogen) atoms. The van der Waals surface area contributed by atoms with Crippen molar-refractivity contribution in [2.75, 3.05) is 0 Å². The van der Waals surface area contributed by atoms with E-state index in [-0.39, 0.29) is 11.7 Å². The summed E-state index contributed by atoms with van der Waals surface area (Å²) in [6.07, 6.45) is 0. The van der Waals surface area contributed by atoms with E-state index in [1.165, 1.54) is 6.07 Å². The molecule has 0 aliphatic carbocycles. The van der Waals surface area contributed by atoms with Gasteiger partial charge in [0.2, 0.25) is 5.91 Å². The number of benzene rings is 2. The number of carbonyl (C=O) groups is 1. The Morgan fingerprint density at radius 2 is 1.77 bits per heavy atom. The fourth-order valence-corrected chi connectivity index (χ4v) is 3.05. The van der Waals surface area contributed by atoms with Gasteiger partial charge in [-0.3, -0.25) is 9.00 Å². The van der Waals surface area contributed by atoms with Gasteiger partial charge < -0.3 is 5.32 Å². The SMILES string of the molecule is C[C@H](C(=O)NCc1ccccc1)[S@@](=O)Cc1ccccc1F. The Morgan fingerprint density at radius 1 is 1.14 bits per heavy atom. The highest BCUT2D eigenvalue weighted by Crippen LogP contribution is 2.12. The summed E-state index contributed by atoms with van der Waals surface area (Å²) >= 11 is 0. The number of hydrogen-bond acceptors (Lipinski definition) is 2. The molecule has 0 unspecified atom stereocenters. The zero-order valence-corrected chi connectivity index (χ0v) is 13.1. The second-order valence-electron chi connectivity index (χ2n) is 4.96. The molecular formula is C17H18FNO2S.